The minimum atomic E-state index is 0.593. The van der Waals surface area contributed by atoms with Crippen molar-refractivity contribution in [1.82, 2.24) is 4.98 Å². The number of aryl methyl sites for hydroxylation is 1. The van der Waals surface area contributed by atoms with E-state index in [-0.39, 0.29) is 0 Å². The summed E-state index contributed by atoms with van der Waals surface area (Å²) in [5.74, 6) is 0. The van der Waals surface area contributed by atoms with Gasteiger partial charge in [0.25, 0.3) is 0 Å². The highest BCUT2D eigenvalue weighted by molar-refractivity contribution is 5.97. The SMILES string of the molecule is CCc1ncccc1C(C)=N. The lowest BCUT2D eigenvalue weighted by molar-refractivity contribution is 1.03. The van der Waals surface area contributed by atoms with Crippen molar-refractivity contribution < 1.29 is 0 Å². The third kappa shape index (κ3) is 1.64. The number of hydrogen-bond donors (Lipinski definition) is 1. The Bertz CT molecular complexity index is 266. The second-order valence-corrected chi connectivity index (χ2v) is 2.48. The summed E-state index contributed by atoms with van der Waals surface area (Å²) >= 11 is 0. The molecule has 0 atom stereocenters. The first-order chi connectivity index (χ1) is 5.25. The molecule has 0 saturated heterocycles. The van der Waals surface area contributed by atoms with Gasteiger partial charge in [-0.1, -0.05) is 6.92 Å². The fraction of sp³-hybridized carbons (Fsp3) is 0.333. The number of rotatable bonds is 2. The van der Waals surface area contributed by atoms with Gasteiger partial charge in [-0.15, -0.1) is 0 Å². The molecular formula is C9H12N2. The Morgan fingerprint density at radius 3 is 2.82 bits per heavy atom. The van der Waals surface area contributed by atoms with E-state index >= 15 is 0 Å². The Morgan fingerprint density at radius 1 is 1.64 bits per heavy atom. The molecule has 2 heteroatoms. The lowest BCUT2D eigenvalue weighted by Crippen LogP contribution is -2.00. The van der Waals surface area contributed by atoms with Gasteiger partial charge in [0.05, 0.1) is 0 Å². The van der Waals surface area contributed by atoms with E-state index in [0.717, 1.165) is 17.7 Å². The Morgan fingerprint density at radius 2 is 2.36 bits per heavy atom. The molecule has 0 aromatic carbocycles. The van der Waals surface area contributed by atoms with Crippen LogP contribution in [0.25, 0.3) is 0 Å². The maximum Gasteiger partial charge on any atom is 0.0491 e. The van der Waals surface area contributed by atoms with Crippen LogP contribution in [0.1, 0.15) is 25.1 Å². The van der Waals surface area contributed by atoms with Gasteiger partial charge in [-0.2, -0.15) is 0 Å². The lowest BCUT2D eigenvalue weighted by atomic mass is 10.1. The average Bonchev–Trinajstić information content (AvgIpc) is 2.04. The molecule has 0 fully saturated rings. The molecule has 1 aromatic heterocycles. The van der Waals surface area contributed by atoms with Crippen molar-refractivity contribution in [2.24, 2.45) is 0 Å². The smallest absolute Gasteiger partial charge is 0.0491 e. The first-order valence-corrected chi connectivity index (χ1v) is 3.75. The van der Waals surface area contributed by atoms with E-state index in [4.69, 9.17) is 5.41 Å². The summed E-state index contributed by atoms with van der Waals surface area (Å²) in [5, 5.41) is 7.44. The van der Waals surface area contributed by atoms with E-state index in [9.17, 15) is 0 Å². The monoisotopic (exact) mass is 148 g/mol. The zero-order chi connectivity index (χ0) is 8.27. The molecule has 0 unspecified atom stereocenters. The van der Waals surface area contributed by atoms with Gasteiger partial charge < -0.3 is 5.41 Å². The molecule has 0 aliphatic rings. The van der Waals surface area contributed by atoms with Crippen molar-refractivity contribution in [1.29, 1.82) is 5.41 Å². The molecule has 11 heavy (non-hydrogen) atoms. The van der Waals surface area contributed by atoms with Crippen molar-refractivity contribution in [2.45, 2.75) is 20.3 Å². The summed E-state index contributed by atoms with van der Waals surface area (Å²) in [4.78, 5) is 4.18. The van der Waals surface area contributed by atoms with Gasteiger partial charge in [-0.3, -0.25) is 4.98 Å². The standard InChI is InChI=1S/C9H12N2/c1-3-9-8(7(2)10)5-4-6-11-9/h4-6,10H,3H2,1-2H3. The van der Waals surface area contributed by atoms with Crippen molar-refractivity contribution in [3.63, 3.8) is 0 Å². The van der Waals surface area contributed by atoms with Crippen molar-refractivity contribution >= 4 is 5.71 Å². The molecule has 0 aliphatic carbocycles. The molecule has 0 bridgehead atoms. The number of hydrogen-bond acceptors (Lipinski definition) is 2. The van der Waals surface area contributed by atoms with Crippen LogP contribution in [-0.4, -0.2) is 10.7 Å². The topological polar surface area (TPSA) is 36.7 Å². The average molecular weight is 148 g/mol. The van der Waals surface area contributed by atoms with Crippen LogP contribution < -0.4 is 0 Å². The number of pyridine rings is 1. The largest absolute Gasteiger partial charge is 0.305 e. The van der Waals surface area contributed by atoms with Gasteiger partial charge in [-0.05, 0) is 25.5 Å². The predicted octanol–water partition coefficient (Wildman–Crippen LogP) is 2.03. The predicted molar refractivity (Wildman–Crippen MR) is 46.1 cm³/mol. The van der Waals surface area contributed by atoms with Crippen LogP contribution in [-0.2, 0) is 6.42 Å². The summed E-state index contributed by atoms with van der Waals surface area (Å²) in [5.41, 5.74) is 2.57. The fourth-order valence-corrected chi connectivity index (χ4v) is 1.06. The van der Waals surface area contributed by atoms with Crippen LogP contribution in [0.5, 0.6) is 0 Å². The first-order valence-electron chi connectivity index (χ1n) is 3.75. The van der Waals surface area contributed by atoms with Gasteiger partial charge in [0.1, 0.15) is 0 Å². The fourth-order valence-electron chi connectivity index (χ4n) is 1.06. The van der Waals surface area contributed by atoms with Gasteiger partial charge >= 0.3 is 0 Å². The van der Waals surface area contributed by atoms with Gasteiger partial charge in [0.15, 0.2) is 0 Å². The van der Waals surface area contributed by atoms with Gasteiger partial charge in [-0.25, -0.2) is 0 Å². The van der Waals surface area contributed by atoms with Crippen molar-refractivity contribution in [2.75, 3.05) is 0 Å². The third-order valence-corrected chi connectivity index (χ3v) is 1.63. The highest BCUT2D eigenvalue weighted by Crippen LogP contribution is 2.05. The molecule has 1 N–H and O–H groups in total. The maximum absolute atomic E-state index is 7.44. The van der Waals surface area contributed by atoms with Crippen LogP contribution in [0, 0.1) is 5.41 Å². The van der Waals surface area contributed by atoms with Crippen LogP contribution in [0.4, 0.5) is 0 Å². The Kier molecular flexibility index (Phi) is 2.36. The normalized spacial score (nSPS) is 9.64. The van der Waals surface area contributed by atoms with Gasteiger partial charge in [0.2, 0.25) is 0 Å². The second-order valence-electron chi connectivity index (χ2n) is 2.48. The summed E-state index contributed by atoms with van der Waals surface area (Å²) < 4.78 is 0. The van der Waals surface area contributed by atoms with Crippen LogP contribution in [0.15, 0.2) is 18.3 Å². The number of nitrogens with one attached hydrogen (secondary N) is 1. The third-order valence-electron chi connectivity index (χ3n) is 1.63. The Hall–Kier alpha value is -1.18. The van der Waals surface area contributed by atoms with Crippen LogP contribution in [0.3, 0.4) is 0 Å². The van der Waals surface area contributed by atoms with Crippen molar-refractivity contribution in [3.05, 3.63) is 29.6 Å². The zero-order valence-electron chi connectivity index (χ0n) is 6.89. The minimum absolute atomic E-state index is 0.593. The van der Waals surface area contributed by atoms with Crippen LogP contribution in [0.2, 0.25) is 0 Å². The lowest BCUT2D eigenvalue weighted by Gasteiger charge is -2.02. The maximum atomic E-state index is 7.44. The molecular weight excluding hydrogens is 136 g/mol. The van der Waals surface area contributed by atoms with E-state index in [1.54, 1.807) is 13.1 Å². The summed E-state index contributed by atoms with van der Waals surface area (Å²) in [6, 6.07) is 3.81. The molecule has 2 nitrogen and oxygen atoms in total. The molecule has 0 aliphatic heterocycles. The molecule has 58 valence electrons. The van der Waals surface area contributed by atoms with E-state index in [0.29, 0.717) is 5.71 Å². The second kappa shape index (κ2) is 3.28. The molecule has 0 radical (unpaired) electrons. The van der Waals surface area contributed by atoms with E-state index in [1.165, 1.54) is 0 Å². The van der Waals surface area contributed by atoms with Gasteiger partial charge in [0, 0.05) is 23.2 Å². The highest BCUT2D eigenvalue weighted by atomic mass is 14.7. The van der Waals surface area contributed by atoms with Crippen molar-refractivity contribution in [3.8, 4) is 0 Å². The molecule has 1 heterocycles. The van der Waals surface area contributed by atoms with E-state index in [2.05, 4.69) is 11.9 Å². The summed E-state index contributed by atoms with van der Waals surface area (Å²) in [6.07, 6.45) is 2.66. The Labute approximate surface area is 66.8 Å². The van der Waals surface area contributed by atoms with E-state index < -0.39 is 0 Å². The molecule has 0 saturated carbocycles. The highest BCUT2D eigenvalue weighted by Gasteiger charge is 2.01. The molecule has 0 spiro atoms. The quantitative estimate of drug-likeness (QED) is 0.640. The minimum Gasteiger partial charge on any atom is -0.305 e. The van der Waals surface area contributed by atoms with E-state index in [1.807, 2.05) is 12.1 Å². The number of aromatic nitrogens is 1. The molecule has 1 aromatic rings. The van der Waals surface area contributed by atoms with Crippen LogP contribution >= 0.6 is 0 Å². The molecule has 1 rings (SSSR count). The Balaban J connectivity index is 3.12. The summed E-state index contributed by atoms with van der Waals surface area (Å²) in [6.45, 7) is 3.84. The summed E-state index contributed by atoms with van der Waals surface area (Å²) in [7, 11) is 0. The first kappa shape index (κ1) is 7.92. The number of nitrogens with zero attached hydrogens (tertiary/aromatic N) is 1. The molecule has 0 amide bonds. The zero-order valence-corrected chi connectivity index (χ0v) is 6.89.